The highest BCUT2D eigenvalue weighted by Crippen LogP contribution is 2.33. The molecule has 8 nitrogen and oxygen atoms in total. The summed E-state index contributed by atoms with van der Waals surface area (Å²) in [5, 5.41) is 7.43. The molecule has 4 heterocycles. The Morgan fingerprint density at radius 2 is 2.03 bits per heavy atom. The molecule has 1 aromatic carbocycles. The van der Waals surface area contributed by atoms with E-state index in [1.165, 1.54) is 0 Å². The van der Waals surface area contributed by atoms with Crippen LogP contribution in [0.1, 0.15) is 37.3 Å². The van der Waals surface area contributed by atoms with Crippen molar-refractivity contribution in [2.24, 2.45) is 7.05 Å². The molecule has 3 aliphatic rings. The number of hydrogen-bond donors (Lipinski definition) is 2. The third-order valence-corrected chi connectivity index (χ3v) is 6.51. The molecule has 0 saturated heterocycles. The standard InChI is InChI=1S/C21H25ClN6O2/c1-12-9-15(22)18-10-16(12)25-20-24-11-17-19(26-20)28(21(29)27(17)2)14-5-3-13(4-6-14)23-7-8-30-18/h9-11,13-14,23H,3-8H2,1-2H3,(H,24,25,26). The van der Waals surface area contributed by atoms with Crippen LogP contribution in [0, 0.1) is 6.92 Å². The monoisotopic (exact) mass is 428 g/mol. The second-order valence-electron chi connectivity index (χ2n) is 8.14. The van der Waals surface area contributed by atoms with E-state index >= 15 is 0 Å². The number of rotatable bonds is 0. The van der Waals surface area contributed by atoms with E-state index in [9.17, 15) is 4.79 Å². The quantitative estimate of drug-likeness (QED) is 0.571. The number of anilines is 2. The summed E-state index contributed by atoms with van der Waals surface area (Å²) in [5.41, 5.74) is 3.16. The Labute approximate surface area is 179 Å². The van der Waals surface area contributed by atoms with Gasteiger partial charge in [-0.05, 0) is 44.2 Å². The zero-order valence-corrected chi connectivity index (χ0v) is 17.9. The molecule has 1 aliphatic carbocycles. The Balaban J connectivity index is 1.64. The van der Waals surface area contributed by atoms with E-state index in [0.29, 0.717) is 35.0 Å². The number of nitrogens with one attached hydrogen (secondary N) is 2. The van der Waals surface area contributed by atoms with Gasteiger partial charge in [-0.15, -0.1) is 0 Å². The molecule has 158 valence electrons. The smallest absolute Gasteiger partial charge is 0.330 e. The number of imidazole rings is 1. The Hall–Kier alpha value is -2.58. The number of nitrogens with zero attached hydrogens (tertiary/aromatic N) is 4. The van der Waals surface area contributed by atoms with Crippen LogP contribution in [0.5, 0.6) is 5.75 Å². The number of benzene rings is 1. The fourth-order valence-corrected chi connectivity index (χ4v) is 4.78. The zero-order valence-electron chi connectivity index (χ0n) is 17.1. The maximum atomic E-state index is 13.0. The molecule has 0 atom stereocenters. The molecule has 1 saturated carbocycles. The largest absolute Gasteiger partial charge is 0.491 e. The predicted octanol–water partition coefficient (Wildman–Crippen LogP) is 3.30. The molecule has 0 amide bonds. The van der Waals surface area contributed by atoms with Crippen LogP contribution in [0.15, 0.2) is 23.1 Å². The first-order chi connectivity index (χ1) is 14.5. The minimum absolute atomic E-state index is 0.0349. The number of aromatic nitrogens is 4. The minimum atomic E-state index is -0.0349. The third kappa shape index (κ3) is 3.33. The van der Waals surface area contributed by atoms with Crippen molar-refractivity contribution >= 4 is 34.4 Å². The first-order valence-electron chi connectivity index (χ1n) is 10.4. The average Bonchev–Trinajstić information content (AvgIpc) is 2.98. The van der Waals surface area contributed by atoms with E-state index in [1.54, 1.807) is 17.8 Å². The van der Waals surface area contributed by atoms with Gasteiger partial charge in [0.25, 0.3) is 0 Å². The van der Waals surface area contributed by atoms with Gasteiger partial charge in [0.15, 0.2) is 5.65 Å². The average molecular weight is 429 g/mol. The van der Waals surface area contributed by atoms with Gasteiger partial charge in [-0.3, -0.25) is 9.13 Å². The lowest BCUT2D eigenvalue weighted by Gasteiger charge is -2.30. The van der Waals surface area contributed by atoms with Gasteiger partial charge in [-0.1, -0.05) is 11.6 Å². The van der Waals surface area contributed by atoms with E-state index in [-0.39, 0.29) is 11.7 Å². The molecule has 30 heavy (non-hydrogen) atoms. The normalized spacial score (nSPS) is 21.6. The molecule has 6 rings (SSSR count). The van der Waals surface area contributed by atoms with Crippen molar-refractivity contribution in [1.82, 2.24) is 24.4 Å². The van der Waals surface area contributed by atoms with E-state index < -0.39 is 0 Å². The van der Waals surface area contributed by atoms with Crippen LogP contribution in [-0.4, -0.2) is 38.3 Å². The minimum Gasteiger partial charge on any atom is -0.491 e. The van der Waals surface area contributed by atoms with Crippen molar-refractivity contribution in [3.8, 4) is 5.75 Å². The molecule has 9 heteroatoms. The fourth-order valence-electron chi connectivity index (χ4n) is 4.51. The maximum Gasteiger partial charge on any atom is 0.330 e. The summed E-state index contributed by atoms with van der Waals surface area (Å²) in [7, 11) is 1.78. The number of halogens is 1. The second-order valence-corrected chi connectivity index (χ2v) is 8.55. The van der Waals surface area contributed by atoms with Gasteiger partial charge < -0.3 is 15.4 Å². The van der Waals surface area contributed by atoms with Crippen LogP contribution in [0.3, 0.4) is 0 Å². The number of hydrogen-bond acceptors (Lipinski definition) is 6. The molecule has 3 aromatic rings. The van der Waals surface area contributed by atoms with Gasteiger partial charge in [0.1, 0.15) is 17.9 Å². The van der Waals surface area contributed by atoms with Crippen molar-refractivity contribution in [3.05, 3.63) is 39.4 Å². The maximum absolute atomic E-state index is 13.0. The third-order valence-electron chi connectivity index (χ3n) is 6.21. The van der Waals surface area contributed by atoms with E-state index in [1.807, 2.05) is 23.6 Å². The first kappa shape index (κ1) is 19.4. The first-order valence-corrected chi connectivity index (χ1v) is 10.8. The molecule has 2 aromatic heterocycles. The summed E-state index contributed by atoms with van der Waals surface area (Å²) in [4.78, 5) is 22.2. The summed E-state index contributed by atoms with van der Waals surface area (Å²) in [5.74, 6) is 1.07. The van der Waals surface area contributed by atoms with Crippen LogP contribution < -0.4 is 21.1 Å². The highest BCUT2D eigenvalue weighted by atomic mass is 35.5. The van der Waals surface area contributed by atoms with Crippen LogP contribution >= 0.6 is 11.6 Å². The second kappa shape index (κ2) is 7.59. The van der Waals surface area contributed by atoms with Gasteiger partial charge in [0.05, 0.1) is 11.2 Å². The van der Waals surface area contributed by atoms with Gasteiger partial charge >= 0.3 is 5.69 Å². The van der Waals surface area contributed by atoms with E-state index in [2.05, 4.69) is 15.6 Å². The summed E-state index contributed by atoms with van der Waals surface area (Å²) >= 11 is 6.39. The van der Waals surface area contributed by atoms with Crippen molar-refractivity contribution in [1.29, 1.82) is 0 Å². The lowest BCUT2D eigenvalue weighted by atomic mass is 9.91. The van der Waals surface area contributed by atoms with Crippen LogP contribution in [0.2, 0.25) is 5.02 Å². The van der Waals surface area contributed by atoms with Crippen molar-refractivity contribution < 1.29 is 4.74 Å². The molecule has 0 spiro atoms. The molecule has 2 N–H and O–H groups in total. The van der Waals surface area contributed by atoms with Crippen LogP contribution in [0.25, 0.3) is 11.2 Å². The van der Waals surface area contributed by atoms with Crippen LogP contribution in [-0.2, 0) is 7.05 Å². The molecule has 1 fully saturated rings. The summed E-state index contributed by atoms with van der Waals surface area (Å²) < 4.78 is 9.42. The molecule has 6 bridgehead atoms. The zero-order chi connectivity index (χ0) is 20.8. The molecule has 0 radical (unpaired) electrons. The molecular formula is C21H25ClN6O2. The van der Waals surface area contributed by atoms with E-state index in [0.717, 1.165) is 49.0 Å². The Bertz CT molecular complexity index is 1160. The molecular weight excluding hydrogens is 404 g/mol. The van der Waals surface area contributed by atoms with Crippen molar-refractivity contribution in [2.75, 3.05) is 18.5 Å². The summed E-state index contributed by atoms with van der Waals surface area (Å²) in [6.07, 6.45) is 5.61. The number of fused-ring (bicyclic) bond motifs is 5. The van der Waals surface area contributed by atoms with E-state index in [4.69, 9.17) is 21.3 Å². The van der Waals surface area contributed by atoms with Gasteiger partial charge in [0, 0.05) is 37.4 Å². The lowest BCUT2D eigenvalue weighted by molar-refractivity contribution is 0.262. The highest BCUT2D eigenvalue weighted by Gasteiger charge is 2.27. The van der Waals surface area contributed by atoms with Gasteiger partial charge in [-0.2, -0.15) is 4.98 Å². The Kier molecular flexibility index (Phi) is 4.91. The number of ether oxygens (including phenoxy) is 1. The predicted molar refractivity (Wildman–Crippen MR) is 117 cm³/mol. The Morgan fingerprint density at radius 1 is 1.23 bits per heavy atom. The fraction of sp³-hybridized carbons (Fsp3) is 0.476. The van der Waals surface area contributed by atoms with Crippen molar-refractivity contribution in [3.63, 3.8) is 0 Å². The number of aryl methyl sites for hydroxylation is 2. The van der Waals surface area contributed by atoms with Crippen molar-refractivity contribution in [2.45, 2.75) is 44.7 Å². The molecule has 0 unspecified atom stereocenters. The topological polar surface area (TPSA) is 86.0 Å². The summed E-state index contributed by atoms with van der Waals surface area (Å²) in [6.45, 7) is 3.25. The molecule has 2 aliphatic heterocycles. The highest BCUT2D eigenvalue weighted by molar-refractivity contribution is 6.32. The van der Waals surface area contributed by atoms with Crippen LogP contribution in [0.4, 0.5) is 11.6 Å². The van der Waals surface area contributed by atoms with Gasteiger partial charge in [-0.25, -0.2) is 9.78 Å². The lowest BCUT2D eigenvalue weighted by Crippen LogP contribution is -2.37. The Morgan fingerprint density at radius 3 is 2.83 bits per heavy atom. The van der Waals surface area contributed by atoms with Gasteiger partial charge in [0.2, 0.25) is 5.95 Å². The SMILES string of the molecule is Cc1cc(Cl)c2cc1Nc1ncc3c(n1)n(c(=O)n3C)C1CCC(CC1)NCCO2. The summed E-state index contributed by atoms with van der Waals surface area (Å²) in [6, 6.07) is 4.32.